The molecule has 1 rings (SSSR count). The van der Waals surface area contributed by atoms with E-state index < -0.39 is 23.6 Å². The highest BCUT2D eigenvalue weighted by Crippen LogP contribution is 2.36. The van der Waals surface area contributed by atoms with E-state index in [-0.39, 0.29) is 6.61 Å². The molecule has 0 bridgehead atoms. The molecular formula is C10H18O6. The predicted octanol–water partition coefficient (Wildman–Crippen LogP) is 0.300. The van der Waals surface area contributed by atoms with Gasteiger partial charge in [-0.2, -0.15) is 0 Å². The Bertz CT molecular complexity index is 268. The van der Waals surface area contributed by atoms with E-state index in [4.69, 9.17) is 18.9 Å². The highest BCUT2D eigenvalue weighted by atomic mass is 16.8. The summed E-state index contributed by atoms with van der Waals surface area (Å²) in [4.78, 5) is 11.3. The summed E-state index contributed by atoms with van der Waals surface area (Å²) in [7, 11) is 4.24. The fourth-order valence-corrected chi connectivity index (χ4v) is 1.50. The molecule has 6 heteroatoms. The molecule has 94 valence electrons. The maximum Gasteiger partial charge on any atom is 0.337 e. The zero-order valence-corrected chi connectivity index (χ0v) is 10.2. The van der Waals surface area contributed by atoms with Gasteiger partial charge in [-0.15, -0.1) is 0 Å². The molecule has 0 spiro atoms. The lowest BCUT2D eigenvalue weighted by Crippen LogP contribution is -2.63. The van der Waals surface area contributed by atoms with E-state index in [0.29, 0.717) is 0 Å². The SMILES string of the molecule is COC(=O)[C@@H]1CO[C@@](C)(OC)[C@](C)(OC)O1. The van der Waals surface area contributed by atoms with Gasteiger partial charge in [0.2, 0.25) is 11.6 Å². The highest BCUT2D eigenvalue weighted by Gasteiger charge is 2.54. The second-order valence-electron chi connectivity index (χ2n) is 3.74. The van der Waals surface area contributed by atoms with Gasteiger partial charge in [0, 0.05) is 14.2 Å². The summed E-state index contributed by atoms with van der Waals surface area (Å²) in [5.74, 6) is -2.73. The van der Waals surface area contributed by atoms with Crippen LogP contribution in [0.2, 0.25) is 0 Å². The number of rotatable bonds is 3. The molecule has 6 nitrogen and oxygen atoms in total. The molecule has 1 aliphatic heterocycles. The van der Waals surface area contributed by atoms with Crippen LogP contribution in [-0.2, 0) is 28.5 Å². The van der Waals surface area contributed by atoms with Crippen LogP contribution in [0.3, 0.4) is 0 Å². The minimum Gasteiger partial charge on any atom is -0.467 e. The first-order chi connectivity index (χ1) is 7.42. The summed E-state index contributed by atoms with van der Waals surface area (Å²) in [5.41, 5.74) is 0. The smallest absolute Gasteiger partial charge is 0.337 e. The van der Waals surface area contributed by atoms with Gasteiger partial charge in [0.15, 0.2) is 6.10 Å². The molecule has 0 radical (unpaired) electrons. The number of esters is 1. The number of methoxy groups -OCH3 is 3. The predicted molar refractivity (Wildman–Crippen MR) is 53.7 cm³/mol. The first kappa shape index (κ1) is 13.4. The van der Waals surface area contributed by atoms with Crippen molar-refractivity contribution in [1.29, 1.82) is 0 Å². The van der Waals surface area contributed by atoms with E-state index >= 15 is 0 Å². The average molecular weight is 234 g/mol. The second-order valence-corrected chi connectivity index (χ2v) is 3.74. The maximum absolute atomic E-state index is 11.3. The van der Waals surface area contributed by atoms with Crippen LogP contribution in [0, 0.1) is 0 Å². The van der Waals surface area contributed by atoms with Gasteiger partial charge in [-0.05, 0) is 13.8 Å². The van der Waals surface area contributed by atoms with E-state index in [0.717, 1.165) is 0 Å². The first-order valence-electron chi connectivity index (χ1n) is 4.92. The van der Waals surface area contributed by atoms with E-state index in [2.05, 4.69) is 4.74 Å². The second kappa shape index (κ2) is 4.67. The topological polar surface area (TPSA) is 63.2 Å². The molecular weight excluding hydrogens is 216 g/mol. The lowest BCUT2D eigenvalue weighted by atomic mass is 10.1. The van der Waals surface area contributed by atoms with Crippen LogP contribution in [-0.4, -0.2) is 51.6 Å². The van der Waals surface area contributed by atoms with Crippen molar-refractivity contribution in [3.05, 3.63) is 0 Å². The molecule has 16 heavy (non-hydrogen) atoms. The van der Waals surface area contributed by atoms with Gasteiger partial charge in [0.1, 0.15) is 0 Å². The number of ether oxygens (including phenoxy) is 5. The van der Waals surface area contributed by atoms with Gasteiger partial charge in [-0.1, -0.05) is 0 Å². The largest absolute Gasteiger partial charge is 0.467 e. The lowest BCUT2D eigenvalue weighted by Gasteiger charge is -2.48. The molecule has 0 aromatic rings. The Balaban J connectivity index is 2.86. The summed E-state index contributed by atoms with van der Waals surface area (Å²) in [6.45, 7) is 3.39. The molecule has 0 aromatic heterocycles. The first-order valence-corrected chi connectivity index (χ1v) is 4.92. The van der Waals surface area contributed by atoms with E-state index in [1.807, 2.05) is 0 Å². The molecule has 1 fully saturated rings. The van der Waals surface area contributed by atoms with E-state index in [1.54, 1.807) is 13.8 Å². The molecule has 1 aliphatic rings. The highest BCUT2D eigenvalue weighted by molar-refractivity contribution is 5.74. The van der Waals surface area contributed by atoms with Gasteiger partial charge < -0.3 is 23.7 Å². The van der Waals surface area contributed by atoms with E-state index in [9.17, 15) is 4.79 Å². The minimum atomic E-state index is -1.17. The number of hydrogen-bond donors (Lipinski definition) is 0. The number of carbonyl (C=O) groups excluding carboxylic acids is 1. The summed E-state index contributed by atoms with van der Waals surface area (Å²) in [6, 6.07) is 0. The molecule has 1 saturated heterocycles. The van der Waals surface area contributed by atoms with Crippen molar-refractivity contribution in [2.75, 3.05) is 27.9 Å². The Morgan fingerprint density at radius 3 is 2.19 bits per heavy atom. The van der Waals surface area contributed by atoms with Crippen LogP contribution in [0.5, 0.6) is 0 Å². The van der Waals surface area contributed by atoms with Gasteiger partial charge in [-0.3, -0.25) is 0 Å². The lowest BCUT2D eigenvalue weighted by molar-refractivity contribution is -0.427. The summed E-state index contributed by atoms with van der Waals surface area (Å²) in [6.07, 6.45) is -0.807. The quantitative estimate of drug-likeness (QED) is 0.654. The Morgan fingerprint density at radius 1 is 1.19 bits per heavy atom. The third-order valence-electron chi connectivity index (χ3n) is 2.95. The maximum atomic E-state index is 11.3. The molecule has 0 amide bonds. The number of carbonyl (C=O) groups is 1. The third-order valence-corrected chi connectivity index (χ3v) is 2.95. The van der Waals surface area contributed by atoms with Crippen molar-refractivity contribution < 1.29 is 28.5 Å². The fraction of sp³-hybridized carbons (Fsp3) is 0.900. The Morgan fingerprint density at radius 2 is 1.75 bits per heavy atom. The number of hydrogen-bond acceptors (Lipinski definition) is 6. The van der Waals surface area contributed by atoms with Gasteiger partial charge >= 0.3 is 5.97 Å². The van der Waals surface area contributed by atoms with Crippen molar-refractivity contribution in [1.82, 2.24) is 0 Å². The molecule has 0 N–H and O–H groups in total. The zero-order chi connectivity index (χ0) is 12.4. The summed E-state index contributed by atoms with van der Waals surface area (Å²) >= 11 is 0. The van der Waals surface area contributed by atoms with Crippen LogP contribution in [0.25, 0.3) is 0 Å². The minimum absolute atomic E-state index is 0.0654. The van der Waals surface area contributed by atoms with Crippen molar-refractivity contribution in [2.24, 2.45) is 0 Å². The molecule has 0 unspecified atom stereocenters. The summed E-state index contributed by atoms with van der Waals surface area (Å²) in [5, 5.41) is 0. The third kappa shape index (κ3) is 2.06. The van der Waals surface area contributed by atoms with Crippen molar-refractivity contribution >= 4 is 5.97 Å². The van der Waals surface area contributed by atoms with Crippen molar-refractivity contribution in [3.8, 4) is 0 Å². The summed E-state index contributed by atoms with van der Waals surface area (Å²) < 4.78 is 26.1. The monoisotopic (exact) mass is 234 g/mol. The van der Waals surface area contributed by atoms with Crippen LogP contribution < -0.4 is 0 Å². The molecule has 3 atom stereocenters. The molecule has 0 aliphatic carbocycles. The normalized spacial score (nSPS) is 39.4. The molecule has 0 aromatic carbocycles. The van der Waals surface area contributed by atoms with Gasteiger partial charge in [-0.25, -0.2) is 4.79 Å². The van der Waals surface area contributed by atoms with Gasteiger partial charge in [0.25, 0.3) is 0 Å². The Kier molecular flexibility index (Phi) is 3.90. The van der Waals surface area contributed by atoms with Crippen molar-refractivity contribution in [3.63, 3.8) is 0 Å². The van der Waals surface area contributed by atoms with Crippen LogP contribution in [0.15, 0.2) is 0 Å². The molecule has 1 heterocycles. The van der Waals surface area contributed by atoms with Crippen LogP contribution >= 0.6 is 0 Å². The standard InChI is InChI=1S/C10H18O6/c1-9(13-4)10(2,14-5)16-7(6-15-9)8(11)12-3/h7H,6H2,1-5H3/t7-,9+,10+/m0/s1. The Hall–Kier alpha value is -0.690. The van der Waals surface area contributed by atoms with Crippen molar-refractivity contribution in [2.45, 2.75) is 31.5 Å². The van der Waals surface area contributed by atoms with Crippen LogP contribution in [0.1, 0.15) is 13.8 Å². The van der Waals surface area contributed by atoms with Gasteiger partial charge in [0.05, 0.1) is 13.7 Å². The average Bonchev–Trinajstić information content (AvgIpc) is 2.31. The van der Waals surface area contributed by atoms with Crippen LogP contribution in [0.4, 0.5) is 0 Å². The zero-order valence-electron chi connectivity index (χ0n) is 10.2. The van der Waals surface area contributed by atoms with E-state index in [1.165, 1.54) is 21.3 Å². The molecule has 0 saturated carbocycles. The fourth-order valence-electron chi connectivity index (χ4n) is 1.50. The Labute approximate surface area is 94.7 Å².